The average molecular weight is 390 g/mol. The van der Waals surface area contributed by atoms with Crippen LogP contribution < -0.4 is 19.5 Å². The van der Waals surface area contributed by atoms with Gasteiger partial charge in [-0.15, -0.1) is 0 Å². The Morgan fingerprint density at radius 1 is 1.00 bits per heavy atom. The number of esters is 1. The van der Waals surface area contributed by atoms with Crippen LogP contribution in [0.25, 0.3) is 0 Å². The van der Waals surface area contributed by atoms with Crippen molar-refractivity contribution in [1.82, 2.24) is 0 Å². The van der Waals surface area contributed by atoms with Crippen LogP contribution in [-0.4, -0.2) is 44.7 Å². The van der Waals surface area contributed by atoms with Gasteiger partial charge in [0.05, 0.1) is 37.5 Å². The second-order valence-electron chi connectivity index (χ2n) is 5.33. The van der Waals surface area contributed by atoms with Crippen LogP contribution in [0, 0.1) is 10.1 Å². The van der Waals surface area contributed by atoms with Gasteiger partial charge in [0.15, 0.2) is 12.4 Å². The molecule has 0 unspecified atom stereocenters. The first-order valence-electron chi connectivity index (χ1n) is 7.91. The number of benzene rings is 2. The molecule has 0 aliphatic heterocycles. The fraction of sp³-hybridized carbons (Fsp3) is 0.222. The highest BCUT2D eigenvalue weighted by atomic mass is 16.6. The number of hydrogen-bond acceptors (Lipinski definition) is 8. The number of carbonyl (C=O) groups excluding carboxylic acids is 2. The van der Waals surface area contributed by atoms with Crippen molar-refractivity contribution in [3.8, 4) is 17.2 Å². The third-order valence-electron chi connectivity index (χ3n) is 3.63. The van der Waals surface area contributed by atoms with E-state index in [1.807, 2.05) is 0 Å². The highest BCUT2D eigenvalue weighted by Crippen LogP contribution is 2.29. The van der Waals surface area contributed by atoms with E-state index < -0.39 is 23.4 Å². The molecule has 2 aromatic rings. The molecule has 0 saturated heterocycles. The molecule has 28 heavy (non-hydrogen) atoms. The number of methoxy groups -OCH3 is 3. The lowest BCUT2D eigenvalue weighted by atomic mass is 10.2. The molecule has 0 aliphatic carbocycles. The van der Waals surface area contributed by atoms with Gasteiger partial charge in [0.2, 0.25) is 0 Å². The Morgan fingerprint density at radius 2 is 1.68 bits per heavy atom. The number of nitro groups is 1. The molecule has 0 bridgehead atoms. The van der Waals surface area contributed by atoms with Gasteiger partial charge < -0.3 is 24.3 Å². The van der Waals surface area contributed by atoms with E-state index in [-0.39, 0.29) is 17.0 Å². The van der Waals surface area contributed by atoms with Gasteiger partial charge in [-0.05, 0) is 24.3 Å². The summed E-state index contributed by atoms with van der Waals surface area (Å²) in [6.45, 7) is -0.598. The monoisotopic (exact) mass is 390 g/mol. The summed E-state index contributed by atoms with van der Waals surface area (Å²) in [5.41, 5.74) is -0.134. The highest BCUT2D eigenvalue weighted by Gasteiger charge is 2.20. The van der Waals surface area contributed by atoms with Crippen LogP contribution in [0.3, 0.4) is 0 Å². The Kier molecular flexibility index (Phi) is 6.74. The zero-order valence-electron chi connectivity index (χ0n) is 15.4. The smallest absolute Gasteiger partial charge is 0.338 e. The molecule has 10 nitrogen and oxygen atoms in total. The zero-order chi connectivity index (χ0) is 20.7. The maximum absolute atomic E-state index is 12.1. The van der Waals surface area contributed by atoms with Gasteiger partial charge in [-0.25, -0.2) is 4.79 Å². The van der Waals surface area contributed by atoms with Crippen molar-refractivity contribution in [2.45, 2.75) is 0 Å². The summed E-state index contributed by atoms with van der Waals surface area (Å²) in [6, 6.07) is 8.41. The highest BCUT2D eigenvalue weighted by molar-refractivity contribution is 5.96. The number of nitrogens with one attached hydrogen (secondary N) is 1. The van der Waals surface area contributed by atoms with Gasteiger partial charge in [-0.2, -0.15) is 0 Å². The lowest BCUT2D eigenvalue weighted by Gasteiger charge is -2.12. The molecule has 0 aromatic heterocycles. The van der Waals surface area contributed by atoms with Crippen molar-refractivity contribution in [2.24, 2.45) is 0 Å². The second kappa shape index (κ2) is 9.21. The van der Waals surface area contributed by atoms with Crippen LogP contribution in [-0.2, 0) is 9.53 Å². The second-order valence-corrected chi connectivity index (χ2v) is 5.33. The third kappa shape index (κ3) is 4.87. The molecule has 2 rings (SSSR count). The van der Waals surface area contributed by atoms with Crippen LogP contribution in [0.2, 0.25) is 0 Å². The van der Waals surface area contributed by atoms with E-state index in [4.69, 9.17) is 18.9 Å². The number of hydrogen-bond donors (Lipinski definition) is 1. The Bertz CT molecular complexity index is 897. The van der Waals surface area contributed by atoms with E-state index >= 15 is 0 Å². The Hall–Kier alpha value is -3.82. The predicted molar refractivity (Wildman–Crippen MR) is 98.1 cm³/mol. The first kappa shape index (κ1) is 20.5. The summed E-state index contributed by atoms with van der Waals surface area (Å²) in [6.07, 6.45) is 0. The lowest BCUT2D eigenvalue weighted by Crippen LogP contribution is -2.21. The molecule has 2 aromatic carbocycles. The van der Waals surface area contributed by atoms with Crippen molar-refractivity contribution in [3.63, 3.8) is 0 Å². The molecule has 0 aliphatic rings. The van der Waals surface area contributed by atoms with Crippen LogP contribution in [0.5, 0.6) is 17.2 Å². The SMILES string of the molecule is COc1ccc(OC)c(NC(=O)COC(=O)c2ccc(OC)c([N+](=O)[O-])c2)c1. The molecule has 148 valence electrons. The van der Waals surface area contributed by atoms with Crippen molar-refractivity contribution in [3.05, 3.63) is 52.1 Å². The van der Waals surface area contributed by atoms with Crippen LogP contribution in [0.4, 0.5) is 11.4 Å². The quantitative estimate of drug-likeness (QED) is 0.414. The maximum Gasteiger partial charge on any atom is 0.338 e. The van der Waals surface area contributed by atoms with E-state index in [1.54, 1.807) is 18.2 Å². The molecule has 1 N–H and O–H groups in total. The maximum atomic E-state index is 12.1. The fourth-order valence-corrected chi connectivity index (χ4v) is 2.27. The van der Waals surface area contributed by atoms with Gasteiger partial charge in [0.1, 0.15) is 11.5 Å². The Balaban J connectivity index is 2.04. The predicted octanol–water partition coefficient (Wildman–Crippen LogP) is 2.42. The molecular formula is C18H18N2O8. The molecule has 0 radical (unpaired) electrons. The van der Waals surface area contributed by atoms with Gasteiger partial charge in [0.25, 0.3) is 5.91 Å². The number of rotatable bonds is 8. The summed E-state index contributed by atoms with van der Waals surface area (Å²) < 4.78 is 20.0. The molecule has 1 amide bonds. The molecule has 0 saturated carbocycles. The molecular weight excluding hydrogens is 372 g/mol. The van der Waals surface area contributed by atoms with Crippen molar-refractivity contribution < 1.29 is 33.5 Å². The molecule has 0 heterocycles. The van der Waals surface area contributed by atoms with Gasteiger partial charge in [0, 0.05) is 12.1 Å². The van der Waals surface area contributed by atoms with Crippen molar-refractivity contribution in [2.75, 3.05) is 33.3 Å². The van der Waals surface area contributed by atoms with Crippen LogP contribution in [0.15, 0.2) is 36.4 Å². The number of anilines is 1. The average Bonchev–Trinajstić information content (AvgIpc) is 2.71. The summed E-state index contributed by atoms with van der Waals surface area (Å²) >= 11 is 0. The normalized spacial score (nSPS) is 9.96. The Morgan fingerprint density at radius 3 is 2.29 bits per heavy atom. The van der Waals surface area contributed by atoms with Gasteiger partial charge >= 0.3 is 11.7 Å². The van der Waals surface area contributed by atoms with E-state index in [1.165, 1.54) is 33.5 Å². The largest absolute Gasteiger partial charge is 0.497 e. The summed E-state index contributed by atoms with van der Waals surface area (Å²) in [5.74, 6) is -0.615. The minimum Gasteiger partial charge on any atom is -0.497 e. The molecule has 0 spiro atoms. The number of ether oxygens (including phenoxy) is 4. The molecule has 10 heteroatoms. The minimum atomic E-state index is -0.890. The van der Waals surface area contributed by atoms with E-state index in [0.717, 1.165) is 6.07 Å². The van der Waals surface area contributed by atoms with E-state index in [9.17, 15) is 19.7 Å². The summed E-state index contributed by atoms with van der Waals surface area (Å²) in [5, 5.41) is 13.6. The van der Waals surface area contributed by atoms with Gasteiger partial charge in [-0.3, -0.25) is 14.9 Å². The summed E-state index contributed by atoms with van der Waals surface area (Å²) in [4.78, 5) is 34.5. The number of nitrogens with zero attached hydrogens (tertiary/aromatic N) is 1. The van der Waals surface area contributed by atoms with Crippen LogP contribution in [0.1, 0.15) is 10.4 Å². The minimum absolute atomic E-state index is 0.00409. The zero-order valence-corrected chi connectivity index (χ0v) is 15.4. The summed E-state index contributed by atoms with van der Waals surface area (Å²) in [7, 11) is 4.19. The first-order valence-corrected chi connectivity index (χ1v) is 7.91. The molecule has 0 atom stereocenters. The fourth-order valence-electron chi connectivity index (χ4n) is 2.27. The molecule has 0 fully saturated rings. The van der Waals surface area contributed by atoms with Gasteiger partial charge in [-0.1, -0.05) is 0 Å². The number of nitro benzene ring substituents is 1. The number of carbonyl (C=O) groups is 2. The lowest BCUT2D eigenvalue weighted by molar-refractivity contribution is -0.385. The topological polar surface area (TPSA) is 126 Å². The van der Waals surface area contributed by atoms with Crippen LogP contribution >= 0.6 is 0 Å². The van der Waals surface area contributed by atoms with Crippen molar-refractivity contribution >= 4 is 23.3 Å². The third-order valence-corrected chi connectivity index (χ3v) is 3.63. The van der Waals surface area contributed by atoms with E-state index in [2.05, 4.69) is 5.32 Å². The Labute approximate surface area is 160 Å². The first-order chi connectivity index (χ1) is 13.4. The van der Waals surface area contributed by atoms with E-state index in [0.29, 0.717) is 17.2 Å². The standard InChI is InChI=1S/C18H18N2O8/c1-25-12-5-7-15(26-2)13(9-12)19-17(21)10-28-18(22)11-4-6-16(27-3)14(8-11)20(23)24/h4-9H,10H2,1-3H3,(H,19,21). The number of amides is 1. The van der Waals surface area contributed by atoms with Crippen molar-refractivity contribution in [1.29, 1.82) is 0 Å².